The largest absolute Gasteiger partial charge is 0.507 e. The monoisotopic (exact) mass is 570 g/mol. The van der Waals surface area contributed by atoms with Gasteiger partial charge in [-0.3, -0.25) is 0 Å². The fourth-order valence-corrected chi connectivity index (χ4v) is 4.29. The Kier molecular flexibility index (Phi) is 4.34. The predicted molar refractivity (Wildman–Crippen MR) is 113 cm³/mol. The van der Waals surface area contributed by atoms with Gasteiger partial charge in [-0.05, 0) is 75.5 Å². The number of cyclic esters (lactones) is 1. The molecular formula is C20H12I2O4. The summed E-state index contributed by atoms with van der Waals surface area (Å²) in [5.41, 5.74) is 1.60. The van der Waals surface area contributed by atoms with Gasteiger partial charge in [-0.2, -0.15) is 0 Å². The van der Waals surface area contributed by atoms with Gasteiger partial charge in [0, 0.05) is 16.7 Å². The third kappa shape index (κ3) is 2.58. The molecule has 0 saturated heterocycles. The summed E-state index contributed by atoms with van der Waals surface area (Å²) >= 11 is 4.09. The molecule has 0 bridgehead atoms. The molecule has 0 radical (unpaired) electrons. The summed E-state index contributed by atoms with van der Waals surface area (Å²) in [6, 6.07) is 17.6. The minimum Gasteiger partial charge on any atom is -0.507 e. The highest BCUT2D eigenvalue weighted by molar-refractivity contribution is 14.1. The first-order valence-corrected chi connectivity index (χ1v) is 9.90. The zero-order chi connectivity index (χ0) is 18.5. The zero-order valence-electron chi connectivity index (χ0n) is 13.2. The van der Waals surface area contributed by atoms with Crippen LogP contribution in [0.2, 0.25) is 0 Å². The van der Waals surface area contributed by atoms with Crippen LogP contribution < -0.4 is 0 Å². The number of ether oxygens (including phenoxy) is 1. The number of esters is 1. The smallest absolute Gasteiger partial charge is 0.340 e. The van der Waals surface area contributed by atoms with Crippen LogP contribution in [-0.4, -0.2) is 16.2 Å². The van der Waals surface area contributed by atoms with E-state index in [1.54, 1.807) is 36.4 Å². The van der Waals surface area contributed by atoms with Crippen LogP contribution in [0, 0.1) is 7.14 Å². The normalized spacial score (nSPS) is 14.8. The second-order valence-electron chi connectivity index (χ2n) is 5.95. The van der Waals surface area contributed by atoms with Gasteiger partial charge in [0.1, 0.15) is 11.5 Å². The van der Waals surface area contributed by atoms with Gasteiger partial charge in [0.05, 0.1) is 12.7 Å². The molecule has 0 atom stereocenters. The van der Waals surface area contributed by atoms with Crippen molar-refractivity contribution in [2.75, 3.05) is 0 Å². The van der Waals surface area contributed by atoms with E-state index in [-0.39, 0.29) is 11.5 Å². The van der Waals surface area contributed by atoms with E-state index >= 15 is 0 Å². The average molecular weight is 570 g/mol. The molecule has 0 spiro atoms. The third-order valence-electron chi connectivity index (χ3n) is 4.48. The second kappa shape index (κ2) is 6.41. The number of halogens is 2. The fraction of sp³-hybridized carbons (Fsp3) is 0.0500. The minimum atomic E-state index is -1.13. The van der Waals surface area contributed by atoms with Crippen LogP contribution in [0.15, 0.2) is 60.7 Å². The molecule has 3 aromatic rings. The average Bonchev–Trinajstić information content (AvgIpc) is 2.94. The molecule has 0 amide bonds. The molecule has 0 unspecified atom stereocenters. The van der Waals surface area contributed by atoms with Gasteiger partial charge in [0.2, 0.25) is 0 Å². The van der Waals surface area contributed by atoms with Crippen molar-refractivity contribution in [3.8, 4) is 11.5 Å². The van der Waals surface area contributed by atoms with Crippen LogP contribution in [0.3, 0.4) is 0 Å². The van der Waals surface area contributed by atoms with Gasteiger partial charge in [-0.25, -0.2) is 4.79 Å². The Bertz CT molecular complexity index is 994. The molecule has 4 rings (SSSR count). The van der Waals surface area contributed by atoms with Gasteiger partial charge in [0.15, 0.2) is 5.60 Å². The van der Waals surface area contributed by atoms with Crippen molar-refractivity contribution in [2.24, 2.45) is 0 Å². The maximum atomic E-state index is 12.6. The Morgan fingerprint density at radius 3 is 1.88 bits per heavy atom. The third-order valence-corrected chi connectivity index (χ3v) is 6.21. The minimum absolute atomic E-state index is 0.169. The van der Waals surface area contributed by atoms with E-state index in [4.69, 9.17) is 4.74 Å². The lowest BCUT2D eigenvalue weighted by molar-refractivity contribution is 0.0251. The van der Waals surface area contributed by atoms with Gasteiger partial charge >= 0.3 is 5.97 Å². The number of benzene rings is 3. The van der Waals surface area contributed by atoms with E-state index in [9.17, 15) is 15.0 Å². The number of hydrogen-bond acceptors (Lipinski definition) is 4. The first-order valence-electron chi connectivity index (χ1n) is 7.74. The molecule has 130 valence electrons. The summed E-state index contributed by atoms with van der Waals surface area (Å²) in [4.78, 5) is 12.6. The molecule has 6 heteroatoms. The number of aromatic hydroxyl groups is 2. The molecule has 26 heavy (non-hydrogen) atoms. The topological polar surface area (TPSA) is 66.8 Å². The van der Waals surface area contributed by atoms with Crippen LogP contribution in [0.25, 0.3) is 0 Å². The van der Waals surface area contributed by atoms with Crippen LogP contribution >= 0.6 is 45.2 Å². The molecule has 0 saturated carbocycles. The quantitative estimate of drug-likeness (QED) is 0.345. The van der Waals surface area contributed by atoms with Gasteiger partial charge < -0.3 is 14.9 Å². The molecular weight excluding hydrogens is 558 g/mol. The summed E-state index contributed by atoms with van der Waals surface area (Å²) in [5.74, 6) is -0.0587. The molecule has 0 aliphatic carbocycles. The SMILES string of the molecule is O=C1OC(c2ccc(O)c(I)c2)(c2ccc(O)c(I)c2)c2ccccc21. The molecule has 1 heterocycles. The summed E-state index contributed by atoms with van der Waals surface area (Å²) in [5, 5.41) is 19.8. The number of rotatable bonds is 2. The second-order valence-corrected chi connectivity index (χ2v) is 8.27. The van der Waals surface area contributed by atoms with Crippen molar-refractivity contribution in [1.82, 2.24) is 0 Å². The number of carbonyl (C=O) groups is 1. The van der Waals surface area contributed by atoms with Crippen LogP contribution in [-0.2, 0) is 10.3 Å². The Labute approximate surface area is 177 Å². The van der Waals surface area contributed by atoms with Gasteiger partial charge in [-0.15, -0.1) is 0 Å². The van der Waals surface area contributed by atoms with E-state index in [0.29, 0.717) is 12.7 Å². The predicted octanol–water partition coefficient (Wildman–Crippen LogP) is 4.77. The number of hydrogen-bond donors (Lipinski definition) is 2. The van der Waals surface area contributed by atoms with E-state index in [2.05, 4.69) is 0 Å². The van der Waals surface area contributed by atoms with E-state index < -0.39 is 11.6 Å². The summed E-state index contributed by atoms with van der Waals surface area (Å²) in [7, 11) is 0. The van der Waals surface area contributed by atoms with Crippen molar-refractivity contribution in [3.05, 3.63) is 90.1 Å². The van der Waals surface area contributed by atoms with Gasteiger partial charge in [0.25, 0.3) is 0 Å². The highest BCUT2D eigenvalue weighted by Crippen LogP contribution is 2.48. The maximum Gasteiger partial charge on any atom is 0.340 e. The van der Waals surface area contributed by atoms with Crippen molar-refractivity contribution >= 4 is 51.2 Å². The van der Waals surface area contributed by atoms with Crippen LogP contribution in [0.4, 0.5) is 0 Å². The number of phenolic OH excluding ortho intramolecular Hbond substituents is 2. The van der Waals surface area contributed by atoms with Crippen molar-refractivity contribution < 1.29 is 19.7 Å². The number of phenols is 2. The summed E-state index contributed by atoms with van der Waals surface area (Å²) < 4.78 is 7.29. The Balaban J connectivity index is 2.07. The van der Waals surface area contributed by atoms with E-state index in [0.717, 1.165) is 16.7 Å². The fourth-order valence-electron chi connectivity index (χ4n) is 3.26. The Hall–Kier alpha value is -1.81. The standard InChI is InChI=1S/C20H12I2O4/c21-15-9-11(5-7-17(15)23)20(12-6-8-18(24)16(22)10-12)14-4-2-1-3-13(14)19(25)26-20/h1-10,23-24H. The van der Waals surface area contributed by atoms with E-state index in [1.165, 1.54) is 0 Å². The van der Waals surface area contributed by atoms with Gasteiger partial charge in [-0.1, -0.05) is 30.3 Å². The number of fused-ring (bicyclic) bond motifs is 1. The summed E-state index contributed by atoms with van der Waals surface area (Å²) in [6.45, 7) is 0. The highest BCUT2D eigenvalue weighted by Gasteiger charge is 2.48. The molecule has 0 aromatic heterocycles. The first-order chi connectivity index (χ1) is 12.4. The summed E-state index contributed by atoms with van der Waals surface area (Å²) in [6.07, 6.45) is 0. The van der Waals surface area contributed by atoms with Crippen LogP contribution in [0.5, 0.6) is 11.5 Å². The van der Waals surface area contributed by atoms with Crippen molar-refractivity contribution in [1.29, 1.82) is 0 Å². The lowest BCUT2D eigenvalue weighted by atomic mass is 9.80. The molecule has 3 aromatic carbocycles. The van der Waals surface area contributed by atoms with Crippen molar-refractivity contribution in [3.63, 3.8) is 0 Å². The Morgan fingerprint density at radius 2 is 1.35 bits per heavy atom. The molecule has 1 aliphatic rings. The van der Waals surface area contributed by atoms with Crippen LogP contribution in [0.1, 0.15) is 27.0 Å². The Morgan fingerprint density at radius 1 is 0.808 bits per heavy atom. The molecule has 1 aliphatic heterocycles. The highest BCUT2D eigenvalue weighted by atomic mass is 127. The van der Waals surface area contributed by atoms with E-state index in [1.807, 2.05) is 69.4 Å². The lowest BCUT2D eigenvalue weighted by Gasteiger charge is -2.30. The van der Waals surface area contributed by atoms with Crippen molar-refractivity contribution in [2.45, 2.75) is 5.60 Å². The number of carbonyl (C=O) groups excluding carboxylic acids is 1. The molecule has 4 nitrogen and oxygen atoms in total. The lowest BCUT2D eigenvalue weighted by Crippen LogP contribution is -2.29. The maximum absolute atomic E-state index is 12.6. The molecule has 0 fully saturated rings. The zero-order valence-corrected chi connectivity index (χ0v) is 17.6. The molecule has 2 N–H and O–H groups in total. The first kappa shape index (κ1) is 17.6.